The van der Waals surface area contributed by atoms with Gasteiger partial charge in [0.15, 0.2) is 0 Å². The molecule has 0 aliphatic rings. The number of ether oxygens (including phenoxy) is 1. The molecule has 0 radical (unpaired) electrons. The molecule has 2 heterocycles. The lowest BCUT2D eigenvalue weighted by atomic mass is 9.84. The van der Waals surface area contributed by atoms with E-state index in [1.54, 1.807) is 30.5 Å². The summed E-state index contributed by atoms with van der Waals surface area (Å²) in [5, 5.41) is 3.72. The number of rotatable bonds is 6. The normalized spacial score (nSPS) is 11.4. The van der Waals surface area contributed by atoms with Gasteiger partial charge in [0.2, 0.25) is 5.88 Å². The Labute approximate surface area is 214 Å². The third-order valence-electron chi connectivity index (χ3n) is 6.26. The Morgan fingerprint density at radius 1 is 0.865 bits per heavy atom. The Morgan fingerprint density at radius 3 is 2.32 bits per heavy atom. The summed E-state index contributed by atoms with van der Waals surface area (Å²) in [7, 11) is 0. The van der Waals surface area contributed by atoms with Crippen LogP contribution in [-0.4, -0.2) is 4.98 Å². The van der Waals surface area contributed by atoms with Crippen LogP contribution in [0.15, 0.2) is 106 Å². The molecule has 2 aromatic heterocycles. The van der Waals surface area contributed by atoms with E-state index < -0.39 is 5.63 Å². The van der Waals surface area contributed by atoms with Crippen LogP contribution in [0.3, 0.4) is 0 Å². The molecule has 0 unspecified atom stereocenters. The molecular formula is C31H26N2O4. The minimum Gasteiger partial charge on any atom is -0.472 e. The summed E-state index contributed by atoms with van der Waals surface area (Å²) in [6.45, 7) is 6.78. The Kier molecular flexibility index (Phi) is 6.40. The van der Waals surface area contributed by atoms with Crippen molar-refractivity contribution in [3.8, 4) is 28.1 Å². The number of hydrogen-bond acceptors (Lipinski definition) is 6. The van der Waals surface area contributed by atoms with Gasteiger partial charge in [-0.1, -0.05) is 63.2 Å². The Balaban J connectivity index is 1.67. The lowest BCUT2D eigenvalue weighted by molar-refractivity contribution is 0.295. The number of hydrogen-bond donors (Lipinski definition) is 0. The first kappa shape index (κ1) is 24.1. The van der Waals surface area contributed by atoms with Gasteiger partial charge >= 0.3 is 5.63 Å². The van der Waals surface area contributed by atoms with Gasteiger partial charge in [0.25, 0.3) is 0 Å². The van der Waals surface area contributed by atoms with E-state index >= 15 is 0 Å². The van der Waals surface area contributed by atoms with Gasteiger partial charge in [-0.05, 0) is 69.7 Å². The van der Waals surface area contributed by atoms with Gasteiger partial charge in [0, 0.05) is 22.7 Å². The van der Waals surface area contributed by atoms with Crippen molar-refractivity contribution < 1.29 is 9.15 Å². The van der Waals surface area contributed by atoms with Crippen LogP contribution in [0.5, 0.6) is 5.88 Å². The molecule has 0 saturated carbocycles. The molecule has 0 amide bonds. The van der Waals surface area contributed by atoms with E-state index in [1.165, 1.54) is 0 Å². The topological polar surface area (TPSA) is 81.8 Å². The van der Waals surface area contributed by atoms with Crippen LogP contribution < -0.4 is 10.4 Å². The molecule has 3 aromatic carbocycles. The van der Waals surface area contributed by atoms with Gasteiger partial charge in [-0.3, -0.25) is 0 Å². The monoisotopic (exact) mass is 490 g/mol. The van der Waals surface area contributed by atoms with Crippen molar-refractivity contribution in [2.45, 2.75) is 32.8 Å². The molecule has 0 fully saturated rings. The minimum atomic E-state index is -0.472. The van der Waals surface area contributed by atoms with Gasteiger partial charge in [-0.2, -0.15) is 0 Å². The number of fused-ring (bicyclic) bond motifs is 1. The highest BCUT2D eigenvalue weighted by molar-refractivity contribution is 5.95. The van der Waals surface area contributed by atoms with Crippen LogP contribution in [0.1, 0.15) is 31.9 Å². The van der Waals surface area contributed by atoms with Gasteiger partial charge in [0.05, 0.1) is 5.56 Å². The molecule has 0 bridgehead atoms. The summed E-state index contributed by atoms with van der Waals surface area (Å²) in [5.41, 5.74) is 4.77. The second kappa shape index (κ2) is 9.82. The average Bonchev–Trinajstić information content (AvgIpc) is 2.91. The summed E-state index contributed by atoms with van der Waals surface area (Å²) >= 11 is 0. The van der Waals surface area contributed by atoms with Gasteiger partial charge in [-0.15, -0.1) is 4.91 Å². The lowest BCUT2D eigenvalue weighted by Gasteiger charge is -2.21. The maximum Gasteiger partial charge on any atom is 0.344 e. The fraction of sp³-hybridized carbons (Fsp3) is 0.161. The lowest BCUT2D eigenvalue weighted by Crippen LogP contribution is -2.12. The van der Waals surface area contributed by atoms with Crippen molar-refractivity contribution in [3.05, 3.63) is 118 Å². The fourth-order valence-electron chi connectivity index (χ4n) is 4.21. The quantitative estimate of drug-likeness (QED) is 0.179. The zero-order chi connectivity index (χ0) is 26.0. The van der Waals surface area contributed by atoms with Crippen LogP contribution in [0.2, 0.25) is 0 Å². The number of nitrogens with zero attached hydrogens (tertiary/aromatic N) is 2. The third-order valence-corrected chi connectivity index (χ3v) is 6.26. The first-order valence-electron chi connectivity index (χ1n) is 12.0. The predicted molar refractivity (Wildman–Crippen MR) is 146 cm³/mol. The summed E-state index contributed by atoms with van der Waals surface area (Å²) in [5.74, 6) is 0.461. The van der Waals surface area contributed by atoms with E-state index in [2.05, 4.69) is 30.9 Å². The molecule has 0 spiro atoms. The highest BCUT2D eigenvalue weighted by atomic mass is 16.5. The van der Waals surface area contributed by atoms with Crippen molar-refractivity contribution in [2.75, 3.05) is 0 Å². The largest absolute Gasteiger partial charge is 0.472 e. The standard InChI is InChI=1S/C31H26N2O4/c1-31(2,3)23-16-22-17-26(21-11-13-24(33-35)14-12-21)30(34)37-28(22)27(18-23)25-10-7-15-32-29(25)36-19-20-8-5-4-6-9-20/h4-18H,19H2,1-3H3. The molecule has 0 aliphatic heterocycles. The highest BCUT2D eigenvalue weighted by Crippen LogP contribution is 2.38. The van der Waals surface area contributed by atoms with Crippen molar-refractivity contribution >= 4 is 16.7 Å². The number of aromatic nitrogens is 1. The summed E-state index contributed by atoms with van der Waals surface area (Å²) in [6, 6.07) is 26.1. The SMILES string of the molecule is CC(C)(C)c1cc(-c2cccnc2OCc2ccccc2)c2oc(=O)c(-c3ccc(N=O)cc3)cc2c1. The smallest absolute Gasteiger partial charge is 0.344 e. The number of benzene rings is 3. The van der Waals surface area contributed by atoms with Crippen molar-refractivity contribution in [3.63, 3.8) is 0 Å². The molecule has 5 rings (SSSR count). The van der Waals surface area contributed by atoms with Crippen molar-refractivity contribution in [2.24, 2.45) is 5.18 Å². The zero-order valence-electron chi connectivity index (χ0n) is 20.9. The van der Waals surface area contributed by atoms with Crippen LogP contribution in [0.4, 0.5) is 5.69 Å². The zero-order valence-corrected chi connectivity index (χ0v) is 20.9. The van der Waals surface area contributed by atoms with Crippen LogP contribution in [0, 0.1) is 4.91 Å². The summed E-state index contributed by atoms with van der Waals surface area (Å²) in [6.07, 6.45) is 1.69. The molecule has 184 valence electrons. The van der Waals surface area contributed by atoms with E-state index in [4.69, 9.17) is 9.15 Å². The van der Waals surface area contributed by atoms with Gasteiger partial charge in [-0.25, -0.2) is 9.78 Å². The summed E-state index contributed by atoms with van der Waals surface area (Å²) < 4.78 is 12.1. The molecule has 6 heteroatoms. The molecule has 5 aromatic rings. The minimum absolute atomic E-state index is 0.163. The van der Waals surface area contributed by atoms with E-state index in [0.29, 0.717) is 34.9 Å². The van der Waals surface area contributed by atoms with E-state index in [1.807, 2.05) is 60.7 Å². The van der Waals surface area contributed by atoms with Gasteiger partial charge < -0.3 is 9.15 Å². The molecular weight excluding hydrogens is 464 g/mol. The second-order valence-corrected chi connectivity index (χ2v) is 9.91. The number of nitroso groups, excluding NO2 is 1. The van der Waals surface area contributed by atoms with E-state index in [9.17, 15) is 9.70 Å². The highest BCUT2D eigenvalue weighted by Gasteiger charge is 2.21. The van der Waals surface area contributed by atoms with Crippen LogP contribution in [0.25, 0.3) is 33.2 Å². The first-order chi connectivity index (χ1) is 17.8. The number of pyridine rings is 1. The Hall–Kier alpha value is -4.58. The fourth-order valence-corrected chi connectivity index (χ4v) is 4.21. The van der Waals surface area contributed by atoms with E-state index in [0.717, 1.165) is 27.6 Å². The van der Waals surface area contributed by atoms with Crippen molar-refractivity contribution in [1.82, 2.24) is 4.98 Å². The van der Waals surface area contributed by atoms with Gasteiger partial charge in [0.1, 0.15) is 17.9 Å². The van der Waals surface area contributed by atoms with Crippen LogP contribution >= 0.6 is 0 Å². The molecule has 6 nitrogen and oxygen atoms in total. The molecule has 0 aliphatic carbocycles. The Morgan fingerprint density at radius 2 is 1.62 bits per heavy atom. The molecule has 0 atom stereocenters. The average molecular weight is 491 g/mol. The maximum absolute atomic E-state index is 13.2. The second-order valence-electron chi connectivity index (χ2n) is 9.91. The van der Waals surface area contributed by atoms with Crippen LogP contribution in [-0.2, 0) is 12.0 Å². The van der Waals surface area contributed by atoms with E-state index in [-0.39, 0.29) is 5.41 Å². The summed E-state index contributed by atoms with van der Waals surface area (Å²) in [4.78, 5) is 28.5. The molecule has 0 saturated heterocycles. The third kappa shape index (κ3) is 5.05. The molecule has 0 N–H and O–H groups in total. The molecule has 37 heavy (non-hydrogen) atoms. The predicted octanol–water partition coefficient (Wildman–Crippen LogP) is 7.80. The maximum atomic E-state index is 13.2. The Bertz CT molecular complexity index is 1630. The van der Waals surface area contributed by atoms with Crippen molar-refractivity contribution in [1.29, 1.82) is 0 Å². The first-order valence-corrected chi connectivity index (χ1v) is 12.0.